The SMILES string of the molecule is NCCC1(C(=O)O)CCN(Cc2ccccc2)CC1O. The molecule has 0 spiro atoms. The molecule has 0 aromatic heterocycles. The molecule has 1 fully saturated rings. The number of likely N-dealkylation sites (tertiary alicyclic amines) is 1. The van der Waals surface area contributed by atoms with Gasteiger partial charge in [-0.05, 0) is 31.5 Å². The van der Waals surface area contributed by atoms with Crippen LogP contribution >= 0.6 is 0 Å². The Morgan fingerprint density at radius 3 is 2.65 bits per heavy atom. The lowest BCUT2D eigenvalue weighted by atomic mass is 9.73. The highest BCUT2D eigenvalue weighted by atomic mass is 16.4. The zero-order chi connectivity index (χ0) is 14.6. The minimum atomic E-state index is -1.08. The van der Waals surface area contributed by atoms with E-state index in [0.717, 1.165) is 6.54 Å². The highest BCUT2D eigenvalue weighted by Crippen LogP contribution is 2.35. The van der Waals surface area contributed by atoms with Crippen LogP contribution in [-0.4, -0.2) is 46.8 Å². The number of carboxylic acid groups (broad SMARTS) is 1. The summed E-state index contributed by atoms with van der Waals surface area (Å²) in [4.78, 5) is 13.6. The molecule has 2 atom stereocenters. The maximum absolute atomic E-state index is 11.5. The Morgan fingerprint density at radius 2 is 2.10 bits per heavy atom. The van der Waals surface area contributed by atoms with Crippen LogP contribution in [0.25, 0.3) is 0 Å². The topological polar surface area (TPSA) is 86.8 Å². The van der Waals surface area contributed by atoms with Crippen LogP contribution in [0.1, 0.15) is 18.4 Å². The second-order valence-electron chi connectivity index (χ2n) is 5.49. The molecule has 0 aliphatic carbocycles. The highest BCUT2D eigenvalue weighted by molar-refractivity contribution is 5.75. The van der Waals surface area contributed by atoms with E-state index in [1.54, 1.807) is 0 Å². The minimum Gasteiger partial charge on any atom is -0.481 e. The van der Waals surface area contributed by atoms with Gasteiger partial charge in [0.1, 0.15) is 0 Å². The minimum absolute atomic E-state index is 0.280. The molecule has 0 radical (unpaired) electrons. The van der Waals surface area contributed by atoms with Crippen molar-refractivity contribution in [3.8, 4) is 0 Å². The zero-order valence-corrected chi connectivity index (χ0v) is 11.5. The van der Waals surface area contributed by atoms with Gasteiger partial charge in [0.15, 0.2) is 0 Å². The molecule has 1 aromatic carbocycles. The highest BCUT2D eigenvalue weighted by Gasteiger charge is 2.47. The van der Waals surface area contributed by atoms with Crippen molar-refractivity contribution < 1.29 is 15.0 Å². The number of nitrogens with two attached hydrogens (primary N) is 1. The molecule has 0 amide bonds. The second-order valence-corrected chi connectivity index (χ2v) is 5.49. The van der Waals surface area contributed by atoms with Crippen LogP contribution in [0.3, 0.4) is 0 Å². The van der Waals surface area contributed by atoms with Crippen molar-refractivity contribution in [3.63, 3.8) is 0 Å². The average Bonchev–Trinajstić information content (AvgIpc) is 2.43. The Kier molecular flexibility index (Phi) is 4.75. The largest absolute Gasteiger partial charge is 0.481 e. The molecule has 0 bridgehead atoms. The van der Waals surface area contributed by atoms with E-state index in [4.69, 9.17) is 5.73 Å². The molecule has 2 unspecified atom stereocenters. The van der Waals surface area contributed by atoms with Gasteiger partial charge in [-0.1, -0.05) is 30.3 Å². The van der Waals surface area contributed by atoms with Gasteiger partial charge >= 0.3 is 5.97 Å². The number of carbonyl (C=O) groups is 1. The third-order valence-electron chi connectivity index (χ3n) is 4.21. The lowest BCUT2D eigenvalue weighted by Crippen LogP contribution is -2.55. The van der Waals surface area contributed by atoms with Gasteiger partial charge in [0.05, 0.1) is 11.5 Å². The van der Waals surface area contributed by atoms with Gasteiger partial charge in [-0.15, -0.1) is 0 Å². The summed E-state index contributed by atoms with van der Waals surface area (Å²) in [7, 11) is 0. The number of piperidine rings is 1. The van der Waals surface area contributed by atoms with Gasteiger partial charge in [0.2, 0.25) is 0 Å². The number of aliphatic hydroxyl groups is 1. The summed E-state index contributed by atoms with van der Waals surface area (Å²) in [6, 6.07) is 9.99. The molecule has 1 aliphatic rings. The molecule has 1 aliphatic heterocycles. The van der Waals surface area contributed by atoms with E-state index in [1.165, 1.54) is 5.56 Å². The number of carboxylic acids is 1. The Labute approximate surface area is 119 Å². The Hall–Kier alpha value is -1.43. The molecule has 1 saturated heterocycles. The van der Waals surface area contributed by atoms with Gasteiger partial charge in [-0.2, -0.15) is 0 Å². The van der Waals surface area contributed by atoms with Gasteiger partial charge in [-0.25, -0.2) is 0 Å². The lowest BCUT2D eigenvalue weighted by Gasteiger charge is -2.42. The Balaban J connectivity index is 2.03. The predicted molar refractivity (Wildman–Crippen MR) is 76.1 cm³/mol. The third kappa shape index (κ3) is 3.00. The number of benzene rings is 1. The number of hydrogen-bond donors (Lipinski definition) is 3. The molecule has 110 valence electrons. The quantitative estimate of drug-likeness (QED) is 0.737. The molecule has 5 nitrogen and oxygen atoms in total. The van der Waals surface area contributed by atoms with E-state index < -0.39 is 17.5 Å². The number of rotatable bonds is 5. The fourth-order valence-corrected chi connectivity index (χ4v) is 2.93. The molecule has 4 N–H and O–H groups in total. The van der Waals surface area contributed by atoms with Crippen molar-refractivity contribution in [1.82, 2.24) is 4.90 Å². The van der Waals surface area contributed by atoms with Crippen LogP contribution < -0.4 is 5.73 Å². The van der Waals surface area contributed by atoms with Crippen LogP contribution in [0.4, 0.5) is 0 Å². The average molecular weight is 278 g/mol. The molecule has 1 heterocycles. The maximum atomic E-state index is 11.5. The van der Waals surface area contributed by atoms with E-state index in [2.05, 4.69) is 4.90 Å². The monoisotopic (exact) mass is 278 g/mol. The van der Waals surface area contributed by atoms with Crippen LogP contribution in [0.15, 0.2) is 30.3 Å². The smallest absolute Gasteiger partial charge is 0.312 e. The molecule has 20 heavy (non-hydrogen) atoms. The van der Waals surface area contributed by atoms with Crippen LogP contribution in [0.2, 0.25) is 0 Å². The van der Waals surface area contributed by atoms with Crippen molar-refractivity contribution in [1.29, 1.82) is 0 Å². The first kappa shape index (κ1) is 15.0. The summed E-state index contributed by atoms with van der Waals surface area (Å²) in [6.07, 6.45) is -0.114. The predicted octanol–water partition coefficient (Wildman–Crippen LogP) is 0.673. The normalized spacial score (nSPS) is 27.4. The summed E-state index contributed by atoms with van der Waals surface area (Å²) in [5, 5.41) is 19.7. The van der Waals surface area contributed by atoms with Gasteiger partial charge < -0.3 is 15.9 Å². The summed E-state index contributed by atoms with van der Waals surface area (Å²) in [6.45, 7) is 2.05. The first-order chi connectivity index (χ1) is 9.58. The van der Waals surface area contributed by atoms with Crippen molar-refractivity contribution in [2.24, 2.45) is 11.1 Å². The van der Waals surface area contributed by atoms with E-state index >= 15 is 0 Å². The molecular weight excluding hydrogens is 256 g/mol. The lowest BCUT2D eigenvalue weighted by molar-refractivity contribution is -0.163. The first-order valence-corrected chi connectivity index (χ1v) is 6.96. The summed E-state index contributed by atoms with van der Waals surface area (Å²) in [5.74, 6) is -0.935. The van der Waals surface area contributed by atoms with E-state index in [-0.39, 0.29) is 6.54 Å². The van der Waals surface area contributed by atoms with Gasteiger partial charge in [-0.3, -0.25) is 9.69 Å². The molecule has 5 heteroatoms. The van der Waals surface area contributed by atoms with E-state index in [0.29, 0.717) is 25.9 Å². The number of hydrogen-bond acceptors (Lipinski definition) is 4. The van der Waals surface area contributed by atoms with Crippen molar-refractivity contribution >= 4 is 5.97 Å². The van der Waals surface area contributed by atoms with Crippen LogP contribution in [0, 0.1) is 5.41 Å². The fourth-order valence-electron chi connectivity index (χ4n) is 2.93. The molecule has 0 saturated carbocycles. The Bertz CT molecular complexity index is 452. The third-order valence-corrected chi connectivity index (χ3v) is 4.21. The molecule has 2 rings (SSSR count). The van der Waals surface area contributed by atoms with E-state index in [1.807, 2.05) is 30.3 Å². The van der Waals surface area contributed by atoms with Crippen molar-refractivity contribution in [2.45, 2.75) is 25.5 Å². The van der Waals surface area contributed by atoms with Gasteiger partial charge in [0, 0.05) is 13.1 Å². The summed E-state index contributed by atoms with van der Waals surface area (Å²) in [5.41, 5.74) is 5.60. The number of nitrogens with zero attached hydrogens (tertiary/aromatic N) is 1. The number of aliphatic carboxylic acids is 1. The zero-order valence-electron chi connectivity index (χ0n) is 11.5. The fraction of sp³-hybridized carbons (Fsp3) is 0.533. The first-order valence-electron chi connectivity index (χ1n) is 6.96. The standard InChI is InChI=1S/C15H22N2O3/c16-8-6-15(14(19)20)7-9-17(11-13(15)18)10-12-4-2-1-3-5-12/h1-5,13,18H,6-11,16H2,(H,19,20). The Morgan fingerprint density at radius 1 is 1.40 bits per heavy atom. The van der Waals surface area contributed by atoms with Crippen LogP contribution in [0.5, 0.6) is 0 Å². The summed E-state index contributed by atoms with van der Waals surface area (Å²) >= 11 is 0. The van der Waals surface area contributed by atoms with E-state index in [9.17, 15) is 15.0 Å². The van der Waals surface area contributed by atoms with Crippen molar-refractivity contribution in [2.75, 3.05) is 19.6 Å². The maximum Gasteiger partial charge on any atom is 0.312 e. The number of aliphatic hydroxyl groups excluding tert-OH is 1. The van der Waals surface area contributed by atoms with Crippen molar-refractivity contribution in [3.05, 3.63) is 35.9 Å². The molecular formula is C15H22N2O3. The van der Waals surface area contributed by atoms with Crippen LogP contribution in [-0.2, 0) is 11.3 Å². The number of β-amino-alcohol motifs (C(OH)–C–C–N with tert-alkyl or cyclic N) is 1. The van der Waals surface area contributed by atoms with Gasteiger partial charge in [0.25, 0.3) is 0 Å². The summed E-state index contributed by atoms with van der Waals surface area (Å²) < 4.78 is 0. The second kappa shape index (κ2) is 6.35. The molecule has 1 aromatic rings.